The lowest BCUT2D eigenvalue weighted by Gasteiger charge is -2.29. The summed E-state index contributed by atoms with van der Waals surface area (Å²) in [6.07, 6.45) is 0. The molecule has 6 aromatic carbocycles. The van der Waals surface area contributed by atoms with E-state index in [-0.39, 0.29) is 11.4 Å². The molecule has 16 heteroatoms. The second-order valence-corrected chi connectivity index (χ2v) is 12.3. The predicted octanol–water partition coefficient (Wildman–Crippen LogP) is 6.82. The van der Waals surface area contributed by atoms with Crippen LogP contribution in [0.3, 0.4) is 0 Å². The average Bonchev–Trinajstić information content (AvgIpc) is 3.90. The monoisotopic (exact) mass is 747 g/mol. The van der Waals surface area contributed by atoms with Crippen LogP contribution in [0.25, 0.3) is 33.9 Å². The highest BCUT2D eigenvalue weighted by atomic mass is 16.6. The minimum atomic E-state index is -0.454. The number of tetrazole rings is 1. The molecular formula is C40H31N10O6+. The second-order valence-electron chi connectivity index (χ2n) is 12.3. The summed E-state index contributed by atoms with van der Waals surface area (Å²) in [4.78, 5) is 25.0. The van der Waals surface area contributed by atoms with Gasteiger partial charge in [-0.3, -0.25) is 25.7 Å². The summed E-state index contributed by atoms with van der Waals surface area (Å²) in [5.74, 6) is 1.99. The normalized spacial score (nSPS) is 12.2. The maximum absolute atomic E-state index is 11.4. The Balaban J connectivity index is 1.16. The van der Waals surface area contributed by atoms with Crippen molar-refractivity contribution < 1.29 is 24.1 Å². The quantitative estimate of drug-likeness (QED) is 0.0837. The summed E-state index contributed by atoms with van der Waals surface area (Å²) >= 11 is 0. The van der Waals surface area contributed by atoms with Crippen LogP contribution in [-0.2, 0) is 0 Å². The molecule has 0 amide bonds. The lowest BCUT2D eigenvalue weighted by atomic mass is 10.0. The van der Waals surface area contributed by atoms with Gasteiger partial charge in [0.15, 0.2) is 11.6 Å². The number of methoxy groups -OCH3 is 2. The second kappa shape index (κ2) is 14.7. The van der Waals surface area contributed by atoms with E-state index in [0.717, 1.165) is 22.3 Å². The van der Waals surface area contributed by atoms with Crippen LogP contribution in [0.5, 0.6) is 11.5 Å². The van der Waals surface area contributed by atoms with Crippen LogP contribution >= 0.6 is 0 Å². The molecule has 16 nitrogen and oxygen atoms in total. The number of non-ortho nitro benzene ring substituents is 2. The van der Waals surface area contributed by atoms with Crippen molar-refractivity contribution >= 4 is 28.6 Å². The zero-order chi connectivity index (χ0) is 38.8. The fourth-order valence-corrected chi connectivity index (χ4v) is 6.14. The fraction of sp³-hybridized carbons (Fsp3) is 0.0500. The zero-order valence-electron chi connectivity index (χ0n) is 29.8. The largest absolute Gasteiger partial charge is 0.494 e. The van der Waals surface area contributed by atoms with E-state index in [1.165, 1.54) is 24.3 Å². The number of hydrogen-bond donors (Lipinski definition) is 1. The van der Waals surface area contributed by atoms with Gasteiger partial charge in [-0.05, 0) is 87.8 Å². The maximum Gasteiger partial charge on any atom is 0.340 e. The van der Waals surface area contributed by atoms with Crippen LogP contribution in [-0.4, -0.2) is 44.9 Å². The molecule has 1 aliphatic rings. The lowest BCUT2D eigenvalue weighted by molar-refractivity contribution is -0.734. The molecule has 56 heavy (non-hydrogen) atoms. The first kappa shape index (κ1) is 34.9. The Kier molecular flexibility index (Phi) is 9.17. The molecule has 0 bridgehead atoms. The van der Waals surface area contributed by atoms with Crippen LogP contribution in [0.4, 0.5) is 22.7 Å². The van der Waals surface area contributed by atoms with Crippen LogP contribution in [0.2, 0.25) is 0 Å². The number of rotatable bonds is 11. The van der Waals surface area contributed by atoms with Crippen LogP contribution in [0.15, 0.2) is 151 Å². The number of nitrogens with one attached hydrogen (secondary N) is 1. The molecule has 0 unspecified atom stereocenters. The Morgan fingerprint density at radius 2 is 1.18 bits per heavy atom. The van der Waals surface area contributed by atoms with Crippen molar-refractivity contribution in [1.29, 1.82) is 0 Å². The number of nitro groups is 2. The molecule has 276 valence electrons. The molecule has 7 aromatic rings. The van der Waals surface area contributed by atoms with Crippen molar-refractivity contribution in [2.24, 2.45) is 5.10 Å². The summed E-state index contributed by atoms with van der Waals surface area (Å²) < 4.78 is 11.8. The van der Waals surface area contributed by atoms with Crippen molar-refractivity contribution in [3.05, 3.63) is 171 Å². The van der Waals surface area contributed by atoms with E-state index >= 15 is 0 Å². The fourth-order valence-electron chi connectivity index (χ4n) is 6.14. The molecule has 0 atom stereocenters. The van der Waals surface area contributed by atoms with E-state index in [9.17, 15) is 20.2 Å². The number of hydrazone groups is 1. The topological polar surface area (TPSA) is 170 Å². The summed E-state index contributed by atoms with van der Waals surface area (Å²) in [6, 6.07) is 42.6. The standard InChI is InChI=1S/C40H31N10O6/c1-55-37-25-29(13-23-35(37)47-43-39(27-9-5-3-6-10-27)41-45(47)31-15-19-33(20-16-31)49(51)52)30-14-24-36(38(26-30)56-2)48-44-40(28-11-7-4-8-12-28)42-46(48)32-17-21-34(22-18-32)50(53)54/h3-26H,1-2H3,(H,41,43)/q+1. The first-order valence-electron chi connectivity index (χ1n) is 17.1. The highest BCUT2D eigenvalue weighted by Gasteiger charge is 2.30. The van der Waals surface area contributed by atoms with Crippen molar-refractivity contribution in [2.45, 2.75) is 0 Å². The molecular weight excluding hydrogens is 717 g/mol. The molecule has 0 fully saturated rings. The number of hydrogen-bond acceptors (Lipinski definition) is 12. The minimum Gasteiger partial charge on any atom is -0.494 e. The molecule has 0 aliphatic carbocycles. The highest BCUT2D eigenvalue weighted by molar-refractivity contribution is 6.02. The van der Waals surface area contributed by atoms with Gasteiger partial charge in [0.2, 0.25) is 5.69 Å². The molecule has 8 rings (SSSR count). The first-order valence-corrected chi connectivity index (χ1v) is 17.1. The van der Waals surface area contributed by atoms with Crippen LogP contribution in [0, 0.1) is 20.2 Å². The van der Waals surface area contributed by atoms with Crippen molar-refractivity contribution in [2.75, 3.05) is 24.5 Å². The third-order valence-electron chi connectivity index (χ3n) is 8.95. The Morgan fingerprint density at radius 1 is 0.625 bits per heavy atom. The minimum absolute atomic E-state index is 0.0373. The number of anilines is 2. The van der Waals surface area contributed by atoms with Gasteiger partial charge in [0, 0.05) is 34.6 Å². The first-order chi connectivity index (χ1) is 27.3. The van der Waals surface area contributed by atoms with Crippen molar-refractivity contribution in [1.82, 2.24) is 20.4 Å². The highest BCUT2D eigenvalue weighted by Crippen LogP contribution is 2.38. The molecule has 1 aliphatic heterocycles. The van der Waals surface area contributed by atoms with Crippen LogP contribution < -0.4 is 29.9 Å². The van der Waals surface area contributed by atoms with E-state index in [4.69, 9.17) is 24.8 Å². The van der Waals surface area contributed by atoms with Gasteiger partial charge in [-0.25, -0.2) is 0 Å². The molecule has 1 N–H and O–H groups in total. The van der Waals surface area contributed by atoms with E-state index in [1.54, 1.807) is 58.3 Å². The van der Waals surface area contributed by atoms with Gasteiger partial charge >= 0.3 is 5.82 Å². The van der Waals surface area contributed by atoms with Crippen molar-refractivity contribution in [3.63, 3.8) is 0 Å². The SMILES string of the molecule is COc1cc(-c2ccc(-[n+]3nc(-c4ccccc4)nn3-c3ccc([N+](=O)[O-])cc3)c(OC)c2)ccc1N1NC(c2ccccc2)=NN1c1ccc([N+](=O)[O-])cc1. The third kappa shape index (κ3) is 6.64. The Bertz CT molecular complexity index is 2600. The Labute approximate surface area is 318 Å². The van der Waals surface area contributed by atoms with E-state index in [1.807, 2.05) is 97.1 Å². The molecule has 0 saturated heterocycles. The predicted molar refractivity (Wildman–Crippen MR) is 208 cm³/mol. The molecule has 2 heterocycles. The lowest BCUT2D eigenvalue weighted by Crippen LogP contribution is -2.44. The number of benzene rings is 6. The van der Waals surface area contributed by atoms with E-state index in [0.29, 0.717) is 45.9 Å². The number of amidine groups is 1. The molecule has 0 saturated carbocycles. The summed E-state index contributed by atoms with van der Waals surface area (Å²) in [6.45, 7) is 0. The summed E-state index contributed by atoms with van der Waals surface area (Å²) in [5, 5.41) is 40.5. The number of hydrazine groups is 2. The Morgan fingerprint density at radius 3 is 1.77 bits per heavy atom. The van der Waals surface area contributed by atoms with Gasteiger partial charge in [-0.2, -0.15) is 10.2 Å². The van der Waals surface area contributed by atoms with Gasteiger partial charge in [0.05, 0.1) is 40.4 Å². The van der Waals surface area contributed by atoms with Crippen LogP contribution in [0.1, 0.15) is 5.56 Å². The van der Waals surface area contributed by atoms with Gasteiger partial charge in [0.25, 0.3) is 11.4 Å². The Hall–Kier alpha value is -8.14. The zero-order valence-corrected chi connectivity index (χ0v) is 29.8. The molecule has 0 spiro atoms. The number of nitrogens with zero attached hydrogens (tertiary/aromatic N) is 9. The van der Waals surface area contributed by atoms with E-state index in [2.05, 4.69) is 5.43 Å². The number of nitro benzene ring substituents is 2. The van der Waals surface area contributed by atoms with Crippen molar-refractivity contribution in [3.8, 4) is 45.4 Å². The maximum atomic E-state index is 11.4. The van der Waals surface area contributed by atoms with Gasteiger partial charge in [0.1, 0.15) is 17.1 Å². The van der Waals surface area contributed by atoms with Gasteiger partial charge in [-0.1, -0.05) is 54.6 Å². The molecule has 0 radical (unpaired) electrons. The van der Waals surface area contributed by atoms with E-state index < -0.39 is 9.85 Å². The number of aromatic nitrogens is 4. The number of ether oxygens (including phenoxy) is 2. The summed E-state index contributed by atoms with van der Waals surface area (Å²) in [5.41, 5.74) is 8.83. The van der Waals surface area contributed by atoms with Gasteiger partial charge in [-0.15, -0.1) is 5.10 Å². The van der Waals surface area contributed by atoms with Gasteiger partial charge < -0.3 is 9.47 Å². The summed E-state index contributed by atoms with van der Waals surface area (Å²) in [7, 11) is 3.14. The average molecular weight is 748 g/mol. The smallest absolute Gasteiger partial charge is 0.340 e. The molecule has 1 aromatic heterocycles. The third-order valence-corrected chi connectivity index (χ3v) is 8.95.